The van der Waals surface area contributed by atoms with Crippen molar-refractivity contribution in [2.45, 2.75) is 118 Å². The molecule has 1 heteroatoms. The summed E-state index contributed by atoms with van der Waals surface area (Å²) in [5.74, 6) is 0.790. The molecule has 2 N–H and O–H groups in total. The van der Waals surface area contributed by atoms with Crippen molar-refractivity contribution in [2.24, 2.45) is 17.1 Å². The van der Waals surface area contributed by atoms with E-state index in [-0.39, 0.29) is 0 Å². The van der Waals surface area contributed by atoms with Crippen LogP contribution in [0.4, 0.5) is 0 Å². The third-order valence-corrected chi connectivity index (χ3v) is 5.92. The SMILES string of the molecule is CCCCCCCCCCCC(C)C(CC)(CN)CCCC. The minimum Gasteiger partial charge on any atom is -0.330 e. The highest BCUT2D eigenvalue weighted by molar-refractivity contribution is 4.84. The van der Waals surface area contributed by atoms with Crippen molar-refractivity contribution in [3.05, 3.63) is 0 Å². The number of hydrogen-bond donors (Lipinski definition) is 1. The van der Waals surface area contributed by atoms with Crippen LogP contribution in [0.3, 0.4) is 0 Å². The molecule has 2 unspecified atom stereocenters. The predicted molar refractivity (Wildman–Crippen MR) is 102 cm³/mol. The second kappa shape index (κ2) is 14.5. The molecule has 0 aromatic rings. The van der Waals surface area contributed by atoms with Crippen LogP contribution in [0.1, 0.15) is 118 Å². The molecule has 0 aromatic carbocycles. The molecule has 0 bridgehead atoms. The van der Waals surface area contributed by atoms with Crippen LogP contribution in [-0.2, 0) is 0 Å². The Morgan fingerprint density at radius 2 is 1.23 bits per heavy atom. The maximum absolute atomic E-state index is 6.17. The topological polar surface area (TPSA) is 26.0 Å². The fourth-order valence-electron chi connectivity index (χ4n) is 3.82. The molecule has 0 spiro atoms. The molecule has 0 amide bonds. The van der Waals surface area contributed by atoms with E-state index in [1.54, 1.807) is 0 Å². The van der Waals surface area contributed by atoms with Crippen LogP contribution >= 0.6 is 0 Å². The van der Waals surface area contributed by atoms with Crippen molar-refractivity contribution in [2.75, 3.05) is 6.54 Å². The lowest BCUT2D eigenvalue weighted by Gasteiger charge is -2.38. The average Bonchev–Trinajstić information content (AvgIpc) is 2.54. The summed E-state index contributed by atoms with van der Waals surface area (Å²) < 4.78 is 0. The van der Waals surface area contributed by atoms with Gasteiger partial charge in [-0.25, -0.2) is 0 Å². The summed E-state index contributed by atoms with van der Waals surface area (Å²) >= 11 is 0. The maximum atomic E-state index is 6.17. The Morgan fingerprint density at radius 3 is 1.68 bits per heavy atom. The zero-order valence-corrected chi connectivity index (χ0v) is 16.3. The molecule has 134 valence electrons. The lowest BCUT2D eigenvalue weighted by molar-refractivity contribution is 0.142. The fourth-order valence-corrected chi connectivity index (χ4v) is 3.82. The standard InChI is InChI=1S/C21H45N/c1-5-8-10-11-12-13-14-15-16-17-20(4)21(7-3,19-22)18-9-6-2/h20H,5-19,22H2,1-4H3. The summed E-state index contributed by atoms with van der Waals surface area (Å²) in [5.41, 5.74) is 6.58. The van der Waals surface area contributed by atoms with Gasteiger partial charge in [-0.15, -0.1) is 0 Å². The zero-order valence-electron chi connectivity index (χ0n) is 16.3. The van der Waals surface area contributed by atoms with Crippen LogP contribution in [0.15, 0.2) is 0 Å². The second-order valence-corrected chi connectivity index (χ2v) is 7.54. The molecule has 0 aromatic heterocycles. The van der Waals surface area contributed by atoms with E-state index in [9.17, 15) is 0 Å². The van der Waals surface area contributed by atoms with Gasteiger partial charge in [0.1, 0.15) is 0 Å². The Bertz CT molecular complexity index is 220. The quantitative estimate of drug-likeness (QED) is 0.302. The molecule has 0 heterocycles. The summed E-state index contributed by atoms with van der Waals surface area (Å²) in [6.07, 6.45) is 19.5. The fraction of sp³-hybridized carbons (Fsp3) is 1.00. The molecule has 0 fully saturated rings. The van der Waals surface area contributed by atoms with Crippen LogP contribution < -0.4 is 5.73 Å². The number of nitrogens with two attached hydrogens (primary N) is 1. The van der Waals surface area contributed by atoms with Gasteiger partial charge in [-0.1, -0.05) is 105 Å². The van der Waals surface area contributed by atoms with Gasteiger partial charge in [-0.2, -0.15) is 0 Å². The van der Waals surface area contributed by atoms with E-state index in [0.29, 0.717) is 5.41 Å². The molecular formula is C21H45N. The molecule has 0 aliphatic heterocycles. The first kappa shape index (κ1) is 22.0. The molecule has 2 atom stereocenters. The van der Waals surface area contributed by atoms with Gasteiger partial charge in [-0.05, 0) is 30.7 Å². The normalized spacial score (nSPS) is 15.7. The Morgan fingerprint density at radius 1 is 0.727 bits per heavy atom. The van der Waals surface area contributed by atoms with E-state index in [1.807, 2.05) is 0 Å². The van der Waals surface area contributed by atoms with E-state index in [4.69, 9.17) is 5.73 Å². The van der Waals surface area contributed by atoms with Gasteiger partial charge >= 0.3 is 0 Å². The van der Waals surface area contributed by atoms with Crippen LogP contribution in [-0.4, -0.2) is 6.54 Å². The van der Waals surface area contributed by atoms with Gasteiger partial charge in [0.2, 0.25) is 0 Å². The van der Waals surface area contributed by atoms with Crippen molar-refractivity contribution in [3.63, 3.8) is 0 Å². The first-order valence-electron chi connectivity index (χ1n) is 10.4. The number of hydrogen-bond acceptors (Lipinski definition) is 1. The highest BCUT2D eigenvalue weighted by Crippen LogP contribution is 2.38. The average molecular weight is 312 g/mol. The summed E-state index contributed by atoms with van der Waals surface area (Å²) in [6, 6.07) is 0. The van der Waals surface area contributed by atoms with Gasteiger partial charge in [0, 0.05) is 0 Å². The van der Waals surface area contributed by atoms with Crippen molar-refractivity contribution < 1.29 is 0 Å². The van der Waals surface area contributed by atoms with Crippen LogP contribution in [0.25, 0.3) is 0 Å². The molecular weight excluding hydrogens is 266 g/mol. The first-order chi connectivity index (χ1) is 10.7. The third kappa shape index (κ3) is 9.18. The predicted octanol–water partition coefficient (Wildman–Crippen LogP) is 7.09. The minimum absolute atomic E-state index is 0.413. The molecule has 0 rings (SSSR count). The molecule has 0 saturated heterocycles. The van der Waals surface area contributed by atoms with Crippen LogP contribution in [0.2, 0.25) is 0 Å². The van der Waals surface area contributed by atoms with E-state index in [2.05, 4.69) is 27.7 Å². The van der Waals surface area contributed by atoms with Gasteiger partial charge in [0.25, 0.3) is 0 Å². The molecule has 0 radical (unpaired) electrons. The lowest BCUT2D eigenvalue weighted by atomic mass is 9.69. The minimum atomic E-state index is 0.413. The molecule has 22 heavy (non-hydrogen) atoms. The monoisotopic (exact) mass is 311 g/mol. The van der Waals surface area contributed by atoms with Crippen LogP contribution in [0, 0.1) is 11.3 Å². The lowest BCUT2D eigenvalue weighted by Crippen LogP contribution is -2.36. The van der Waals surface area contributed by atoms with Crippen molar-refractivity contribution in [1.29, 1.82) is 0 Å². The van der Waals surface area contributed by atoms with Crippen molar-refractivity contribution >= 4 is 0 Å². The molecule has 0 saturated carbocycles. The Labute approximate surface area is 141 Å². The van der Waals surface area contributed by atoms with Crippen molar-refractivity contribution in [1.82, 2.24) is 0 Å². The Balaban J connectivity index is 3.78. The second-order valence-electron chi connectivity index (χ2n) is 7.54. The largest absolute Gasteiger partial charge is 0.330 e. The van der Waals surface area contributed by atoms with E-state index in [1.165, 1.54) is 89.9 Å². The van der Waals surface area contributed by atoms with Gasteiger partial charge in [0.15, 0.2) is 0 Å². The van der Waals surface area contributed by atoms with E-state index < -0.39 is 0 Å². The molecule has 0 aliphatic rings. The zero-order chi connectivity index (χ0) is 16.7. The number of unbranched alkanes of at least 4 members (excludes halogenated alkanes) is 9. The van der Waals surface area contributed by atoms with Crippen molar-refractivity contribution in [3.8, 4) is 0 Å². The van der Waals surface area contributed by atoms with Gasteiger partial charge < -0.3 is 5.73 Å². The molecule has 1 nitrogen and oxygen atoms in total. The van der Waals surface area contributed by atoms with E-state index in [0.717, 1.165) is 12.5 Å². The Hall–Kier alpha value is -0.0400. The molecule has 0 aliphatic carbocycles. The Kier molecular flexibility index (Phi) is 14.5. The number of rotatable bonds is 16. The summed E-state index contributed by atoms with van der Waals surface area (Å²) in [6.45, 7) is 10.3. The summed E-state index contributed by atoms with van der Waals surface area (Å²) in [4.78, 5) is 0. The summed E-state index contributed by atoms with van der Waals surface area (Å²) in [5, 5.41) is 0. The van der Waals surface area contributed by atoms with Gasteiger partial charge in [0.05, 0.1) is 0 Å². The van der Waals surface area contributed by atoms with Gasteiger partial charge in [-0.3, -0.25) is 0 Å². The highest BCUT2D eigenvalue weighted by atomic mass is 14.6. The van der Waals surface area contributed by atoms with E-state index >= 15 is 0 Å². The third-order valence-electron chi connectivity index (χ3n) is 5.92. The summed E-state index contributed by atoms with van der Waals surface area (Å²) in [7, 11) is 0. The maximum Gasteiger partial charge on any atom is -0.00181 e. The highest BCUT2D eigenvalue weighted by Gasteiger charge is 2.31. The first-order valence-corrected chi connectivity index (χ1v) is 10.4. The smallest absolute Gasteiger partial charge is 0.00181 e. The van der Waals surface area contributed by atoms with Crippen LogP contribution in [0.5, 0.6) is 0 Å².